The molecule has 3 aromatic rings. The summed E-state index contributed by atoms with van der Waals surface area (Å²) in [6, 6.07) is 11.4. The maximum Gasteiger partial charge on any atom is 0.331 e. The van der Waals surface area contributed by atoms with Crippen molar-refractivity contribution in [1.29, 1.82) is 0 Å². The van der Waals surface area contributed by atoms with Crippen molar-refractivity contribution in [3.63, 3.8) is 0 Å². The lowest BCUT2D eigenvalue weighted by Gasteiger charge is -2.14. The van der Waals surface area contributed by atoms with Crippen molar-refractivity contribution in [2.24, 2.45) is 0 Å². The molecule has 0 radical (unpaired) electrons. The van der Waals surface area contributed by atoms with E-state index >= 15 is 0 Å². The van der Waals surface area contributed by atoms with Crippen LogP contribution in [0.3, 0.4) is 0 Å². The molecule has 0 aliphatic carbocycles. The van der Waals surface area contributed by atoms with Crippen LogP contribution in [0.25, 0.3) is 17.0 Å². The summed E-state index contributed by atoms with van der Waals surface area (Å²) in [6.07, 6.45) is 7.02. The number of esters is 1. The first-order chi connectivity index (χ1) is 15.0. The Morgan fingerprint density at radius 1 is 1.26 bits per heavy atom. The number of carbonyl (C=O) groups excluding carboxylic acids is 2. The predicted molar refractivity (Wildman–Crippen MR) is 119 cm³/mol. The second-order valence-corrected chi connectivity index (χ2v) is 7.82. The molecule has 6 heteroatoms. The number of fused-ring (bicyclic) bond motifs is 1. The SMILES string of the molecule is Cc1cc(C(=O)COC(=O)/C=C/c2cccc3cccnc23)c(C)n1CC1CCCO1. The van der Waals surface area contributed by atoms with Crippen molar-refractivity contribution in [2.45, 2.75) is 39.3 Å². The Bertz CT molecular complexity index is 1130. The minimum Gasteiger partial charge on any atom is -0.454 e. The molecule has 1 unspecified atom stereocenters. The fraction of sp³-hybridized carbons (Fsp3) is 0.320. The van der Waals surface area contributed by atoms with E-state index in [1.54, 1.807) is 12.3 Å². The second kappa shape index (κ2) is 9.27. The van der Waals surface area contributed by atoms with E-state index < -0.39 is 5.97 Å². The summed E-state index contributed by atoms with van der Waals surface area (Å²) in [5.41, 5.74) is 4.10. The number of para-hydroxylation sites is 1. The fourth-order valence-corrected chi connectivity index (χ4v) is 4.04. The number of ketones is 1. The third kappa shape index (κ3) is 4.75. The Morgan fingerprint density at radius 3 is 2.90 bits per heavy atom. The van der Waals surface area contributed by atoms with Crippen LogP contribution >= 0.6 is 0 Å². The van der Waals surface area contributed by atoms with Crippen molar-refractivity contribution in [3.8, 4) is 0 Å². The van der Waals surface area contributed by atoms with Crippen LogP contribution in [-0.2, 0) is 20.8 Å². The lowest BCUT2D eigenvalue weighted by molar-refractivity contribution is -0.136. The molecule has 6 nitrogen and oxygen atoms in total. The molecule has 0 bridgehead atoms. The number of aromatic nitrogens is 2. The molecule has 1 fully saturated rings. The molecule has 2 aromatic heterocycles. The Balaban J connectivity index is 1.38. The van der Waals surface area contributed by atoms with Crippen LogP contribution in [0.1, 0.15) is 40.2 Å². The summed E-state index contributed by atoms with van der Waals surface area (Å²) in [4.78, 5) is 29.2. The first-order valence-corrected chi connectivity index (χ1v) is 10.5. The molecule has 3 heterocycles. The van der Waals surface area contributed by atoms with Crippen molar-refractivity contribution < 1.29 is 19.1 Å². The third-order valence-corrected chi connectivity index (χ3v) is 5.69. The summed E-state index contributed by atoms with van der Waals surface area (Å²) in [6.45, 7) is 5.15. The number of pyridine rings is 1. The number of carbonyl (C=O) groups is 2. The van der Waals surface area contributed by atoms with Gasteiger partial charge in [0, 0.05) is 53.3 Å². The van der Waals surface area contributed by atoms with Crippen molar-refractivity contribution in [2.75, 3.05) is 13.2 Å². The Morgan fingerprint density at radius 2 is 2.10 bits per heavy atom. The molecular formula is C25H26N2O4. The first-order valence-electron chi connectivity index (χ1n) is 10.5. The standard InChI is InChI=1S/C25H26N2O4/c1-17-14-22(18(2)27(17)15-21-9-5-13-30-21)23(28)16-31-24(29)11-10-20-7-3-6-19-8-4-12-26-25(19)20/h3-4,6-8,10-12,14,21H,5,9,13,15-16H2,1-2H3/b11-10+. The average Bonchev–Trinajstić information content (AvgIpc) is 3.40. The number of ether oxygens (including phenoxy) is 2. The summed E-state index contributed by atoms with van der Waals surface area (Å²) < 4.78 is 13.0. The third-order valence-electron chi connectivity index (χ3n) is 5.69. The van der Waals surface area contributed by atoms with Gasteiger partial charge in [-0.2, -0.15) is 0 Å². The van der Waals surface area contributed by atoms with E-state index in [-0.39, 0.29) is 18.5 Å². The van der Waals surface area contributed by atoms with E-state index in [4.69, 9.17) is 9.47 Å². The van der Waals surface area contributed by atoms with Crippen LogP contribution in [-0.4, -0.2) is 40.6 Å². The topological polar surface area (TPSA) is 70.4 Å². The van der Waals surface area contributed by atoms with Gasteiger partial charge in [0.2, 0.25) is 5.78 Å². The highest BCUT2D eigenvalue weighted by Crippen LogP contribution is 2.21. The molecule has 1 aromatic carbocycles. The van der Waals surface area contributed by atoms with Crippen molar-refractivity contribution in [3.05, 3.63) is 71.2 Å². The summed E-state index contributed by atoms with van der Waals surface area (Å²) in [5, 5.41) is 0.992. The molecule has 1 aliphatic heterocycles. The predicted octanol–water partition coefficient (Wildman–Crippen LogP) is 4.27. The zero-order valence-corrected chi connectivity index (χ0v) is 17.8. The normalized spacial score (nSPS) is 16.3. The zero-order chi connectivity index (χ0) is 21.8. The van der Waals surface area contributed by atoms with Crippen LogP contribution in [0.15, 0.2) is 48.7 Å². The lowest BCUT2D eigenvalue weighted by Crippen LogP contribution is -2.18. The molecule has 0 spiro atoms. The second-order valence-electron chi connectivity index (χ2n) is 7.82. The molecule has 0 N–H and O–H groups in total. The number of nitrogens with zero attached hydrogens (tertiary/aromatic N) is 2. The quantitative estimate of drug-likeness (QED) is 0.326. The minimum atomic E-state index is -0.561. The highest BCUT2D eigenvalue weighted by Gasteiger charge is 2.21. The fourth-order valence-electron chi connectivity index (χ4n) is 4.04. The van der Waals surface area contributed by atoms with Crippen LogP contribution in [0.4, 0.5) is 0 Å². The molecule has 1 aliphatic rings. The van der Waals surface area contributed by atoms with E-state index in [1.165, 1.54) is 6.08 Å². The molecule has 0 amide bonds. The summed E-state index contributed by atoms with van der Waals surface area (Å²) >= 11 is 0. The molecule has 4 rings (SSSR count). The van der Waals surface area contributed by atoms with Gasteiger partial charge >= 0.3 is 5.97 Å². The van der Waals surface area contributed by atoms with Gasteiger partial charge in [0.05, 0.1) is 11.6 Å². The molecule has 1 atom stereocenters. The van der Waals surface area contributed by atoms with Crippen molar-refractivity contribution in [1.82, 2.24) is 9.55 Å². The number of Topliss-reactive ketones (excluding diaryl/α,β-unsaturated/α-hetero) is 1. The molecule has 1 saturated heterocycles. The van der Waals surface area contributed by atoms with Crippen LogP contribution < -0.4 is 0 Å². The van der Waals surface area contributed by atoms with E-state index in [9.17, 15) is 9.59 Å². The van der Waals surface area contributed by atoms with Crippen LogP contribution in [0.5, 0.6) is 0 Å². The number of hydrogen-bond donors (Lipinski definition) is 0. The van der Waals surface area contributed by atoms with E-state index in [2.05, 4.69) is 9.55 Å². The largest absolute Gasteiger partial charge is 0.454 e. The van der Waals surface area contributed by atoms with Crippen molar-refractivity contribution >= 4 is 28.7 Å². The number of rotatable bonds is 7. The molecule has 31 heavy (non-hydrogen) atoms. The average molecular weight is 418 g/mol. The maximum absolute atomic E-state index is 12.7. The van der Waals surface area contributed by atoms with Gasteiger partial charge in [0.1, 0.15) is 0 Å². The molecular weight excluding hydrogens is 392 g/mol. The first kappa shape index (κ1) is 21.0. The van der Waals surface area contributed by atoms with Crippen LogP contribution in [0.2, 0.25) is 0 Å². The molecule has 0 saturated carbocycles. The zero-order valence-electron chi connectivity index (χ0n) is 17.8. The van der Waals surface area contributed by atoms with Gasteiger partial charge in [-0.3, -0.25) is 9.78 Å². The van der Waals surface area contributed by atoms with Gasteiger partial charge in [-0.05, 0) is 44.9 Å². The Kier molecular flexibility index (Phi) is 6.28. The Labute approximate surface area is 181 Å². The minimum absolute atomic E-state index is 0.194. The highest BCUT2D eigenvalue weighted by molar-refractivity contribution is 6.00. The highest BCUT2D eigenvalue weighted by atomic mass is 16.5. The van der Waals surface area contributed by atoms with Gasteiger partial charge in [-0.15, -0.1) is 0 Å². The van der Waals surface area contributed by atoms with Gasteiger partial charge in [0.15, 0.2) is 6.61 Å². The summed E-state index contributed by atoms with van der Waals surface area (Å²) in [5.74, 6) is -0.769. The van der Waals surface area contributed by atoms with E-state index in [0.29, 0.717) is 5.56 Å². The monoisotopic (exact) mass is 418 g/mol. The number of benzene rings is 1. The van der Waals surface area contributed by atoms with Gasteiger partial charge in [0.25, 0.3) is 0 Å². The van der Waals surface area contributed by atoms with Gasteiger partial charge in [-0.25, -0.2) is 4.79 Å². The maximum atomic E-state index is 12.7. The smallest absolute Gasteiger partial charge is 0.331 e. The van der Waals surface area contributed by atoms with E-state index in [0.717, 1.165) is 53.8 Å². The number of aryl methyl sites for hydroxylation is 1. The van der Waals surface area contributed by atoms with Crippen LogP contribution in [0, 0.1) is 13.8 Å². The Hall–Kier alpha value is -3.25. The van der Waals surface area contributed by atoms with E-state index in [1.807, 2.05) is 50.2 Å². The molecule has 160 valence electrons. The summed E-state index contributed by atoms with van der Waals surface area (Å²) in [7, 11) is 0. The van der Waals surface area contributed by atoms with Gasteiger partial charge < -0.3 is 14.0 Å². The van der Waals surface area contributed by atoms with Gasteiger partial charge in [-0.1, -0.05) is 24.3 Å². The lowest BCUT2D eigenvalue weighted by atomic mass is 10.1. The number of hydrogen-bond acceptors (Lipinski definition) is 5.